The lowest BCUT2D eigenvalue weighted by atomic mass is 9.78. The Hall–Kier alpha value is -1.94. The molecule has 3 rings (SSSR count). The SMILES string of the molecule is Cc1ccc(C2(C#Cc3ccccc3)CCCCCC2)o1. The molecule has 0 atom stereocenters. The molecule has 21 heavy (non-hydrogen) atoms. The zero-order valence-electron chi connectivity index (χ0n) is 12.7. The van der Waals surface area contributed by atoms with Crippen LogP contribution in [0.5, 0.6) is 0 Å². The fourth-order valence-corrected chi connectivity index (χ4v) is 3.17. The molecule has 1 aromatic heterocycles. The molecule has 1 nitrogen and oxygen atoms in total. The van der Waals surface area contributed by atoms with Gasteiger partial charge in [-0.3, -0.25) is 0 Å². The maximum absolute atomic E-state index is 5.97. The Bertz CT molecular complexity index is 631. The van der Waals surface area contributed by atoms with E-state index in [-0.39, 0.29) is 5.41 Å². The number of aryl methyl sites for hydroxylation is 1. The number of furan rings is 1. The summed E-state index contributed by atoms with van der Waals surface area (Å²) in [4.78, 5) is 0. The highest BCUT2D eigenvalue weighted by Gasteiger charge is 2.34. The summed E-state index contributed by atoms with van der Waals surface area (Å²) in [6.07, 6.45) is 7.33. The van der Waals surface area contributed by atoms with E-state index in [1.54, 1.807) is 0 Å². The third-order valence-electron chi connectivity index (χ3n) is 4.39. The molecule has 1 heteroatoms. The van der Waals surface area contributed by atoms with Crippen LogP contribution in [0.2, 0.25) is 0 Å². The standard InChI is InChI=1S/C20H22O/c1-17-11-12-19(21-17)20(14-7-2-3-8-15-20)16-13-18-9-5-4-6-10-18/h4-6,9-12H,2-3,7-8,14-15H2,1H3. The Balaban J connectivity index is 1.98. The topological polar surface area (TPSA) is 13.1 Å². The molecule has 2 aromatic rings. The average molecular weight is 278 g/mol. The van der Waals surface area contributed by atoms with Gasteiger partial charge in [0.1, 0.15) is 11.5 Å². The van der Waals surface area contributed by atoms with Crippen LogP contribution >= 0.6 is 0 Å². The van der Waals surface area contributed by atoms with Crippen LogP contribution in [-0.4, -0.2) is 0 Å². The molecule has 1 aliphatic carbocycles. The van der Waals surface area contributed by atoms with E-state index in [4.69, 9.17) is 4.42 Å². The zero-order chi connectivity index (χ0) is 14.5. The van der Waals surface area contributed by atoms with Gasteiger partial charge in [-0.15, -0.1) is 0 Å². The molecule has 0 amide bonds. The number of hydrogen-bond acceptors (Lipinski definition) is 1. The van der Waals surface area contributed by atoms with Crippen molar-refractivity contribution in [2.45, 2.75) is 50.9 Å². The lowest BCUT2D eigenvalue weighted by Crippen LogP contribution is -2.22. The molecule has 0 saturated heterocycles. The van der Waals surface area contributed by atoms with Gasteiger partial charge in [0.25, 0.3) is 0 Å². The van der Waals surface area contributed by atoms with Crippen LogP contribution in [0, 0.1) is 18.8 Å². The van der Waals surface area contributed by atoms with Crippen molar-refractivity contribution in [3.05, 3.63) is 59.5 Å². The Labute approximate surface area is 127 Å². The first-order valence-corrected chi connectivity index (χ1v) is 7.94. The summed E-state index contributed by atoms with van der Waals surface area (Å²) in [5, 5.41) is 0. The normalized spacial score (nSPS) is 17.6. The summed E-state index contributed by atoms with van der Waals surface area (Å²) in [6.45, 7) is 2.01. The Morgan fingerprint density at radius 3 is 2.24 bits per heavy atom. The smallest absolute Gasteiger partial charge is 0.122 e. The summed E-state index contributed by atoms with van der Waals surface area (Å²) in [5.41, 5.74) is 0.991. The fourth-order valence-electron chi connectivity index (χ4n) is 3.17. The summed E-state index contributed by atoms with van der Waals surface area (Å²) in [5.74, 6) is 9.00. The lowest BCUT2D eigenvalue weighted by Gasteiger charge is -2.24. The van der Waals surface area contributed by atoms with E-state index in [2.05, 4.69) is 36.1 Å². The van der Waals surface area contributed by atoms with Crippen LogP contribution in [0.3, 0.4) is 0 Å². The zero-order valence-corrected chi connectivity index (χ0v) is 12.7. The lowest BCUT2D eigenvalue weighted by molar-refractivity contribution is 0.361. The minimum absolute atomic E-state index is 0.0966. The van der Waals surface area contributed by atoms with E-state index in [0.29, 0.717) is 0 Å². The van der Waals surface area contributed by atoms with E-state index in [1.165, 1.54) is 25.7 Å². The molecule has 0 N–H and O–H groups in total. The van der Waals surface area contributed by atoms with Gasteiger partial charge in [-0.05, 0) is 44.0 Å². The first kappa shape index (κ1) is 14.0. The Kier molecular flexibility index (Phi) is 4.15. The van der Waals surface area contributed by atoms with Crippen molar-refractivity contribution in [2.75, 3.05) is 0 Å². The highest BCUT2D eigenvalue weighted by atomic mass is 16.3. The Morgan fingerprint density at radius 1 is 0.905 bits per heavy atom. The second-order valence-corrected chi connectivity index (χ2v) is 6.02. The summed E-state index contributed by atoms with van der Waals surface area (Å²) in [6, 6.07) is 14.5. The van der Waals surface area contributed by atoms with Gasteiger partial charge in [-0.1, -0.05) is 55.7 Å². The molecular formula is C20H22O. The minimum atomic E-state index is -0.0966. The predicted molar refractivity (Wildman–Crippen MR) is 86.1 cm³/mol. The Morgan fingerprint density at radius 2 is 1.62 bits per heavy atom. The highest BCUT2D eigenvalue weighted by Crippen LogP contribution is 2.38. The van der Waals surface area contributed by atoms with E-state index in [1.807, 2.05) is 25.1 Å². The molecule has 108 valence electrons. The largest absolute Gasteiger partial charge is 0.465 e. The summed E-state index contributed by atoms with van der Waals surface area (Å²) < 4.78 is 5.97. The van der Waals surface area contributed by atoms with Crippen molar-refractivity contribution in [2.24, 2.45) is 0 Å². The second-order valence-electron chi connectivity index (χ2n) is 6.02. The molecule has 0 radical (unpaired) electrons. The van der Waals surface area contributed by atoms with E-state index >= 15 is 0 Å². The molecule has 1 aliphatic rings. The molecule has 0 spiro atoms. The van der Waals surface area contributed by atoms with Gasteiger partial charge in [0, 0.05) is 5.56 Å². The van der Waals surface area contributed by atoms with Gasteiger partial charge in [-0.25, -0.2) is 0 Å². The van der Waals surface area contributed by atoms with Crippen molar-refractivity contribution >= 4 is 0 Å². The van der Waals surface area contributed by atoms with E-state index in [9.17, 15) is 0 Å². The van der Waals surface area contributed by atoms with Crippen LogP contribution in [0.1, 0.15) is 55.6 Å². The maximum atomic E-state index is 5.97. The van der Waals surface area contributed by atoms with Gasteiger partial charge >= 0.3 is 0 Å². The molecule has 1 fully saturated rings. The van der Waals surface area contributed by atoms with Crippen molar-refractivity contribution in [3.63, 3.8) is 0 Å². The molecule has 0 unspecified atom stereocenters. The van der Waals surface area contributed by atoms with Crippen molar-refractivity contribution in [1.29, 1.82) is 0 Å². The van der Waals surface area contributed by atoms with Crippen molar-refractivity contribution < 1.29 is 4.42 Å². The van der Waals surface area contributed by atoms with Gasteiger partial charge in [0.15, 0.2) is 0 Å². The van der Waals surface area contributed by atoms with Crippen LogP contribution in [0.15, 0.2) is 46.9 Å². The first-order valence-electron chi connectivity index (χ1n) is 7.94. The predicted octanol–water partition coefficient (Wildman–Crippen LogP) is 5.23. The third kappa shape index (κ3) is 3.22. The number of benzene rings is 1. The molecule has 1 saturated carbocycles. The highest BCUT2D eigenvalue weighted by molar-refractivity contribution is 5.39. The van der Waals surface area contributed by atoms with E-state index in [0.717, 1.165) is 29.9 Å². The fraction of sp³-hybridized carbons (Fsp3) is 0.400. The van der Waals surface area contributed by atoms with Gasteiger partial charge in [0.05, 0.1) is 5.41 Å². The van der Waals surface area contributed by atoms with Crippen molar-refractivity contribution in [1.82, 2.24) is 0 Å². The third-order valence-corrected chi connectivity index (χ3v) is 4.39. The van der Waals surface area contributed by atoms with Gasteiger partial charge in [0.2, 0.25) is 0 Å². The first-order chi connectivity index (χ1) is 10.3. The monoisotopic (exact) mass is 278 g/mol. The maximum Gasteiger partial charge on any atom is 0.122 e. The van der Waals surface area contributed by atoms with Crippen molar-refractivity contribution in [3.8, 4) is 11.8 Å². The quantitative estimate of drug-likeness (QED) is 0.514. The molecule has 0 bridgehead atoms. The van der Waals surface area contributed by atoms with Crippen LogP contribution in [0.25, 0.3) is 0 Å². The van der Waals surface area contributed by atoms with Crippen LogP contribution < -0.4 is 0 Å². The van der Waals surface area contributed by atoms with Gasteiger partial charge in [-0.2, -0.15) is 0 Å². The average Bonchev–Trinajstić information content (AvgIpc) is 2.82. The van der Waals surface area contributed by atoms with Gasteiger partial charge < -0.3 is 4.42 Å². The summed E-state index contributed by atoms with van der Waals surface area (Å²) in [7, 11) is 0. The minimum Gasteiger partial charge on any atom is -0.465 e. The second kappa shape index (κ2) is 6.22. The molecule has 0 aliphatic heterocycles. The number of hydrogen-bond donors (Lipinski definition) is 0. The number of rotatable bonds is 1. The van der Waals surface area contributed by atoms with E-state index < -0.39 is 0 Å². The van der Waals surface area contributed by atoms with Crippen LogP contribution in [0.4, 0.5) is 0 Å². The molecule has 1 heterocycles. The van der Waals surface area contributed by atoms with Crippen LogP contribution in [-0.2, 0) is 5.41 Å². The molecular weight excluding hydrogens is 256 g/mol. The summed E-state index contributed by atoms with van der Waals surface area (Å²) >= 11 is 0. The molecule has 1 aromatic carbocycles.